The van der Waals surface area contributed by atoms with Crippen LogP contribution in [0, 0.1) is 5.41 Å². The van der Waals surface area contributed by atoms with Crippen LogP contribution in [0.1, 0.15) is 94.4 Å². The molecule has 0 aromatic heterocycles. The number of ether oxygens (including phenoxy) is 1. The fourth-order valence-corrected chi connectivity index (χ4v) is 4.60. The molecule has 29 heavy (non-hydrogen) atoms. The van der Waals surface area contributed by atoms with Gasteiger partial charge in [0, 0.05) is 18.4 Å². The number of carbonyl (C=O) groups is 1. The largest absolute Gasteiger partial charge is 0.361 e. The summed E-state index contributed by atoms with van der Waals surface area (Å²) in [6.07, 6.45) is 4.79. The molecule has 0 aromatic rings. The highest BCUT2D eigenvalue weighted by Gasteiger charge is 2.47. The summed E-state index contributed by atoms with van der Waals surface area (Å²) in [6.45, 7) is 21.8. The first kappa shape index (κ1) is 26.9. The molecule has 3 atom stereocenters. The Labute approximate surface area is 184 Å². The van der Waals surface area contributed by atoms with E-state index in [9.17, 15) is 4.79 Å². The molecular weight excluding hydrogens is 353 g/mol. The standard InChI is InChI=1S/C22H47B4NO2/c1-19(2,3)18(28)12-13-22(9,27)29-15-14-21(7,8)26(24)17-11-10-16(17)25(23)20(4,5)6/h16-17H,10-15,23-24,27H2,1-9H3. The van der Waals surface area contributed by atoms with Crippen molar-refractivity contribution in [2.45, 2.75) is 122 Å². The first-order valence-electron chi connectivity index (χ1n) is 11.8. The van der Waals surface area contributed by atoms with E-state index in [2.05, 4.69) is 50.1 Å². The molecule has 2 N–H and O–H groups in total. The molecule has 0 saturated heterocycles. The van der Waals surface area contributed by atoms with Crippen molar-refractivity contribution in [1.82, 2.24) is 0 Å². The molecule has 164 valence electrons. The Balaban J connectivity index is 2.54. The van der Waals surface area contributed by atoms with Gasteiger partial charge < -0.3 is 10.5 Å². The Bertz CT molecular complexity index is 552. The van der Waals surface area contributed by atoms with E-state index in [0.717, 1.165) is 24.7 Å². The predicted molar refractivity (Wildman–Crippen MR) is 136 cm³/mol. The van der Waals surface area contributed by atoms with Crippen LogP contribution < -0.4 is 5.73 Å². The third-order valence-electron chi connectivity index (χ3n) is 8.13. The molecule has 1 aliphatic rings. The summed E-state index contributed by atoms with van der Waals surface area (Å²) in [4.78, 5) is 12.2. The van der Waals surface area contributed by atoms with Crippen molar-refractivity contribution < 1.29 is 9.53 Å². The van der Waals surface area contributed by atoms with Crippen LogP contribution >= 0.6 is 0 Å². The Morgan fingerprint density at radius 1 is 0.931 bits per heavy atom. The number of rotatable bonds is 10. The zero-order chi connectivity index (χ0) is 22.8. The van der Waals surface area contributed by atoms with Crippen molar-refractivity contribution >= 4 is 34.5 Å². The molecule has 3 unspecified atom stereocenters. The number of hydrogen-bond donors (Lipinski definition) is 1. The molecule has 0 heterocycles. The van der Waals surface area contributed by atoms with Crippen molar-refractivity contribution in [2.75, 3.05) is 6.61 Å². The van der Waals surface area contributed by atoms with Gasteiger partial charge in [0.05, 0.1) is 15.5 Å². The van der Waals surface area contributed by atoms with Gasteiger partial charge >= 0.3 is 0 Å². The van der Waals surface area contributed by atoms with Crippen molar-refractivity contribution in [3.8, 4) is 0 Å². The lowest BCUT2D eigenvalue weighted by Gasteiger charge is -2.50. The highest BCUT2D eigenvalue weighted by Crippen LogP contribution is 2.56. The summed E-state index contributed by atoms with van der Waals surface area (Å²) < 4.78 is 6.06. The van der Waals surface area contributed by atoms with Gasteiger partial charge in [0.15, 0.2) is 0 Å². The van der Waals surface area contributed by atoms with Gasteiger partial charge in [-0.15, -0.1) is 0 Å². The van der Waals surface area contributed by atoms with Gasteiger partial charge in [-0.25, -0.2) is 0 Å². The van der Waals surface area contributed by atoms with Crippen LogP contribution in [0.5, 0.6) is 0 Å². The monoisotopic (exact) mass is 401 g/mol. The van der Waals surface area contributed by atoms with Crippen LogP contribution in [0.15, 0.2) is 0 Å². The van der Waals surface area contributed by atoms with E-state index >= 15 is 0 Å². The molecule has 1 rings (SSSR count). The van der Waals surface area contributed by atoms with E-state index in [0.29, 0.717) is 31.4 Å². The topological polar surface area (TPSA) is 52.3 Å². The summed E-state index contributed by atoms with van der Waals surface area (Å²) in [5, 5.41) is 0.598. The molecule has 0 aromatic carbocycles. The number of nitrogens with two attached hydrogens (primary N) is 1. The van der Waals surface area contributed by atoms with Crippen molar-refractivity contribution in [3.63, 3.8) is 0 Å². The lowest BCUT2D eigenvalue weighted by molar-refractivity contribution is -0.128. The maximum Gasteiger partial charge on any atom is 0.138 e. The predicted octanol–water partition coefficient (Wildman–Crippen LogP) is 3.83. The number of carbonyl (C=O) groups excluding carboxylic acids is 1. The fraction of sp³-hybridized carbons (Fsp3) is 0.955. The van der Waals surface area contributed by atoms with Gasteiger partial charge in [-0.05, 0) is 19.8 Å². The number of ketones is 1. The molecule has 7 heteroatoms. The lowest BCUT2D eigenvalue weighted by Crippen LogP contribution is -2.47. The minimum absolute atomic E-state index is 0.220. The van der Waals surface area contributed by atoms with E-state index < -0.39 is 5.72 Å². The maximum absolute atomic E-state index is 12.2. The fourth-order valence-electron chi connectivity index (χ4n) is 4.60. The Morgan fingerprint density at radius 2 is 1.41 bits per heavy atom. The average Bonchev–Trinajstić information content (AvgIpc) is 2.49. The highest BCUT2D eigenvalue weighted by atomic mass is 16.5. The molecular formula is C22H47B4NO2. The molecule has 0 radical (unpaired) electrons. The van der Waals surface area contributed by atoms with Gasteiger partial charge in [0.1, 0.15) is 24.7 Å². The molecule has 1 fully saturated rings. The second-order valence-electron chi connectivity index (χ2n) is 12.9. The van der Waals surface area contributed by atoms with Crippen molar-refractivity contribution in [2.24, 2.45) is 11.1 Å². The molecule has 0 amide bonds. The molecule has 0 bridgehead atoms. The van der Waals surface area contributed by atoms with Crippen molar-refractivity contribution in [1.29, 1.82) is 0 Å². The van der Waals surface area contributed by atoms with Crippen LogP contribution in [0.25, 0.3) is 0 Å². The van der Waals surface area contributed by atoms with Crippen LogP contribution in [0.2, 0.25) is 22.3 Å². The van der Waals surface area contributed by atoms with Crippen LogP contribution in [-0.4, -0.2) is 46.8 Å². The second-order valence-corrected chi connectivity index (χ2v) is 12.9. The highest BCUT2D eigenvalue weighted by molar-refractivity contribution is 7.10. The minimum atomic E-state index is -0.736. The average molecular weight is 401 g/mol. The first-order valence-corrected chi connectivity index (χ1v) is 11.8. The van der Waals surface area contributed by atoms with E-state index in [1.54, 1.807) is 0 Å². The molecule has 1 saturated carbocycles. The second kappa shape index (κ2) is 9.55. The summed E-state index contributed by atoms with van der Waals surface area (Å²) in [5.74, 6) is 1.90. The van der Waals surface area contributed by atoms with E-state index in [1.807, 2.05) is 27.7 Å². The number of Topliss-reactive ketones (excluding diaryl/α,β-unsaturated/α-hetero) is 1. The van der Waals surface area contributed by atoms with Crippen molar-refractivity contribution in [3.05, 3.63) is 0 Å². The smallest absolute Gasteiger partial charge is 0.138 e. The van der Waals surface area contributed by atoms with E-state index in [-0.39, 0.29) is 16.5 Å². The molecule has 0 spiro atoms. The lowest BCUT2D eigenvalue weighted by atomic mass is 9.04. The molecule has 3 nitrogen and oxygen atoms in total. The zero-order valence-electron chi connectivity index (χ0n) is 21.4. The molecule has 0 aliphatic heterocycles. The van der Waals surface area contributed by atoms with Gasteiger partial charge in [-0.2, -0.15) is 0 Å². The van der Waals surface area contributed by atoms with E-state index in [1.165, 1.54) is 12.8 Å². The quantitative estimate of drug-likeness (QED) is 0.448. The zero-order valence-corrected chi connectivity index (χ0v) is 21.4. The minimum Gasteiger partial charge on any atom is -0.361 e. The Hall–Kier alpha value is -0.150. The van der Waals surface area contributed by atoms with Crippen LogP contribution in [0.4, 0.5) is 0 Å². The summed E-state index contributed by atoms with van der Waals surface area (Å²) >= 11 is 0. The Kier molecular flexibility index (Phi) is 8.85. The Morgan fingerprint density at radius 3 is 1.83 bits per heavy atom. The van der Waals surface area contributed by atoms with Crippen LogP contribution in [-0.2, 0) is 9.53 Å². The van der Waals surface area contributed by atoms with Gasteiger partial charge in [0.2, 0.25) is 0 Å². The summed E-state index contributed by atoms with van der Waals surface area (Å²) in [5.41, 5.74) is 5.30. The third-order valence-corrected chi connectivity index (χ3v) is 8.13. The van der Waals surface area contributed by atoms with Gasteiger partial charge in [-0.1, -0.05) is 90.5 Å². The third kappa shape index (κ3) is 7.80. The first-order chi connectivity index (χ1) is 12.9. The summed E-state index contributed by atoms with van der Waals surface area (Å²) in [7, 11) is 4.88. The summed E-state index contributed by atoms with van der Waals surface area (Å²) in [6, 6.07) is 0. The molecule has 1 aliphatic carbocycles. The SMILES string of the molecule is BB(C1CCC1B(B)C(C)(C)CCOC(C)(N)CCC(=O)C(C)(C)C)C(C)(C)C. The van der Waals surface area contributed by atoms with E-state index in [4.69, 9.17) is 10.5 Å². The van der Waals surface area contributed by atoms with Crippen LogP contribution in [0.3, 0.4) is 0 Å². The maximum atomic E-state index is 12.2. The van der Waals surface area contributed by atoms with Gasteiger partial charge in [0.25, 0.3) is 0 Å². The van der Waals surface area contributed by atoms with Gasteiger partial charge in [-0.3, -0.25) is 4.79 Å². The normalized spacial score (nSPS) is 22.6. The number of hydrogen-bond acceptors (Lipinski definition) is 3.